The summed E-state index contributed by atoms with van der Waals surface area (Å²) in [5.41, 5.74) is 1.41. The molecule has 0 bridgehead atoms. The largest absolute Gasteiger partial charge is 0.376 e. The average Bonchev–Trinajstić information content (AvgIpc) is 3.40. The summed E-state index contributed by atoms with van der Waals surface area (Å²) >= 11 is 0. The van der Waals surface area contributed by atoms with Crippen molar-refractivity contribution in [2.24, 2.45) is 0 Å². The van der Waals surface area contributed by atoms with Gasteiger partial charge in [-0.2, -0.15) is 4.98 Å². The second kappa shape index (κ2) is 8.38. The van der Waals surface area contributed by atoms with Gasteiger partial charge in [-0.25, -0.2) is 0 Å². The molecule has 9 heteroatoms. The lowest BCUT2D eigenvalue weighted by molar-refractivity contribution is 0.0475. The number of carbonyl (C=O) groups is 2. The molecular weight excluding hydrogens is 384 g/mol. The van der Waals surface area contributed by atoms with E-state index < -0.39 is 0 Å². The van der Waals surface area contributed by atoms with Gasteiger partial charge in [-0.1, -0.05) is 5.16 Å². The van der Waals surface area contributed by atoms with E-state index in [0.29, 0.717) is 48.0 Å². The molecule has 0 saturated carbocycles. The van der Waals surface area contributed by atoms with Crippen LogP contribution in [0.4, 0.5) is 0 Å². The van der Waals surface area contributed by atoms with Crippen LogP contribution >= 0.6 is 12.4 Å². The first-order valence-corrected chi connectivity index (χ1v) is 9.19. The Bertz CT molecular complexity index is 879. The van der Waals surface area contributed by atoms with Crippen molar-refractivity contribution in [3.05, 3.63) is 35.2 Å². The minimum atomic E-state index is -0.295. The van der Waals surface area contributed by atoms with E-state index in [0.717, 1.165) is 12.8 Å². The zero-order valence-corrected chi connectivity index (χ0v) is 16.6. The number of hydrogen-bond donors (Lipinski definition) is 1. The molecule has 1 aromatic heterocycles. The molecule has 2 unspecified atom stereocenters. The summed E-state index contributed by atoms with van der Waals surface area (Å²) in [6.07, 6.45) is 2.40. The standard InChI is InChI=1S/C19H22N4O4.ClH/c1-11(20-2)8-16-21-17(27-22-16)12-5-6-14-15(9-12)19(25)23(18(14)24)10-13-4-3-7-26-13;/h5-6,9,11,13,20H,3-4,7-8,10H2,1-2H3;1H. The van der Waals surface area contributed by atoms with Gasteiger partial charge in [-0.05, 0) is 45.0 Å². The molecule has 2 aliphatic rings. The number of carbonyl (C=O) groups excluding carboxylic acids is 2. The maximum Gasteiger partial charge on any atom is 0.261 e. The molecule has 4 rings (SSSR count). The van der Waals surface area contributed by atoms with Gasteiger partial charge in [0.2, 0.25) is 0 Å². The van der Waals surface area contributed by atoms with Crippen LogP contribution < -0.4 is 5.32 Å². The quantitative estimate of drug-likeness (QED) is 0.733. The van der Waals surface area contributed by atoms with Gasteiger partial charge in [0.25, 0.3) is 17.7 Å². The number of imide groups is 1. The highest BCUT2D eigenvalue weighted by Gasteiger charge is 2.37. The number of ether oxygens (including phenoxy) is 1. The second-order valence-corrected chi connectivity index (χ2v) is 7.03. The van der Waals surface area contributed by atoms with Crippen molar-refractivity contribution in [2.75, 3.05) is 20.2 Å². The van der Waals surface area contributed by atoms with E-state index in [9.17, 15) is 9.59 Å². The number of benzene rings is 1. The van der Waals surface area contributed by atoms with Gasteiger partial charge in [0.15, 0.2) is 5.82 Å². The maximum absolute atomic E-state index is 12.7. The number of halogens is 1. The molecule has 8 nitrogen and oxygen atoms in total. The third-order valence-corrected chi connectivity index (χ3v) is 5.08. The number of hydrogen-bond acceptors (Lipinski definition) is 7. The zero-order chi connectivity index (χ0) is 19.0. The fraction of sp³-hybridized carbons (Fsp3) is 0.474. The number of fused-ring (bicyclic) bond motifs is 1. The monoisotopic (exact) mass is 406 g/mol. The van der Waals surface area contributed by atoms with E-state index in [2.05, 4.69) is 15.5 Å². The normalized spacial score (nSPS) is 19.6. The number of likely N-dealkylation sites (N-methyl/N-ethyl adjacent to an activating group) is 1. The minimum Gasteiger partial charge on any atom is -0.376 e. The van der Waals surface area contributed by atoms with E-state index >= 15 is 0 Å². The summed E-state index contributed by atoms with van der Waals surface area (Å²) in [6, 6.07) is 5.27. The van der Waals surface area contributed by atoms with Crippen LogP contribution in [0, 0.1) is 0 Å². The van der Waals surface area contributed by atoms with Crippen LogP contribution in [0.1, 0.15) is 46.3 Å². The van der Waals surface area contributed by atoms with Gasteiger partial charge in [0.05, 0.1) is 23.8 Å². The summed E-state index contributed by atoms with van der Waals surface area (Å²) in [6.45, 7) is 3.01. The van der Waals surface area contributed by atoms with Crippen LogP contribution in [0.3, 0.4) is 0 Å². The first-order valence-electron chi connectivity index (χ1n) is 9.19. The molecule has 0 aliphatic carbocycles. The summed E-state index contributed by atoms with van der Waals surface area (Å²) in [7, 11) is 1.87. The van der Waals surface area contributed by atoms with Crippen molar-refractivity contribution in [2.45, 2.75) is 38.3 Å². The highest BCUT2D eigenvalue weighted by atomic mass is 35.5. The summed E-state index contributed by atoms with van der Waals surface area (Å²) < 4.78 is 10.9. The predicted molar refractivity (Wildman–Crippen MR) is 104 cm³/mol. The molecule has 1 fully saturated rings. The Morgan fingerprint density at radius 1 is 1.29 bits per heavy atom. The second-order valence-electron chi connectivity index (χ2n) is 7.03. The Morgan fingerprint density at radius 3 is 2.79 bits per heavy atom. The van der Waals surface area contributed by atoms with E-state index in [1.54, 1.807) is 18.2 Å². The molecule has 2 amide bonds. The fourth-order valence-electron chi connectivity index (χ4n) is 3.41. The SMILES string of the molecule is CNC(C)Cc1noc(-c2ccc3c(c2)C(=O)N(CC2CCCO2)C3=O)n1.Cl. The highest BCUT2D eigenvalue weighted by Crippen LogP contribution is 2.29. The van der Waals surface area contributed by atoms with Gasteiger partial charge in [0, 0.05) is 24.6 Å². The van der Waals surface area contributed by atoms with Crippen molar-refractivity contribution in [3.8, 4) is 11.5 Å². The molecule has 2 atom stereocenters. The minimum absolute atomic E-state index is 0. The maximum atomic E-state index is 12.7. The lowest BCUT2D eigenvalue weighted by Gasteiger charge is -2.17. The summed E-state index contributed by atoms with van der Waals surface area (Å²) in [5.74, 6) is 0.366. The van der Waals surface area contributed by atoms with Crippen molar-refractivity contribution in [1.29, 1.82) is 0 Å². The Hall–Kier alpha value is -2.29. The Morgan fingerprint density at radius 2 is 2.07 bits per heavy atom. The molecule has 28 heavy (non-hydrogen) atoms. The Kier molecular flexibility index (Phi) is 6.12. The molecule has 0 radical (unpaired) electrons. The first-order chi connectivity index (χ1) is 13.1. The van der Waals surface area contributed by atoms with Crippen LogP contribution in [-0.4, -0.2) is 59.2 Å². The van der Waals surface area contributed by atoms with Crippen molar-refractivity contribution in [1.82, 2.24) is 20.4 Å². The third-order valence-electron chi connectivity index (χ3n) is 5.08. The van der Waals surface area contributed by atoms with Gasteiger partial charge >= 0.3 is 0 Å². The molecule has 1 N–H and O–H groups in total. The van der Waals surface area contributed by atoms with Gasteiger partial charge in [0.1, 0.15) is 0 Å². The van der Waals surface area contributed by atoms with Crippen LogP contribution in [0.5, 0.6) is 0 Å². The molecule has 1 saturated heterocycles. The van der Waals surface area contributed by atoms with Gasteiger partial charge in [-0.3, -0.25) is 14.5 Å². The summed E-state index contributed by atoms with van der Waals surface area (Å²) in [4.78, 5) is 31.0. The lowest BCUT2D eigenvalue weighted by atomic mass is 10.1. The van der Waals surface area contributed by atoms with Crippen molar-refractivity contribution < 1.29 is 18.8 Å². The van der Waals surface area contributed by atoms with Crippen LogP contribution in [0.15, 0.2) is 22.7 Å². The van der Waals surface area contributed by atoms with E-state index in [-0.39, 0.29) is 36.4 Å². The number of rotatable bonds is 6. The number of amides is 2. The number of nitrogens with one attached hydrogen (secondary N) is 1. The number of nitrogens with zero attached hydrogens (tertiary/aromatic N) is 3. The predicted octanol–water partition coefficient (Wildman–Crippen LogP) is 2.08. The third kappa shape index (κ3) is 3.80. The van der Waals surface area contributed by atoms with Crippen LogP contribution in [-0.2, 0) is 11.2 Å². The number of aromatic nitrogens is 2. The Balaban J connectivity index is 0.00000225. The summed E-state index contributed by atoms with van der Waals surface area (Å²) in [5, 5.41) is 7.11. The van der Waals surface area contributed by atoms with Crippen LogP contribution in [0.25, 0.3) is 11.5 Å². The molecule has 150 valence electrons. The molecule has 1 aromatic carbocycles. The molecule has 0 spiro atoms. The molecular formula is C19H23ClN4O4. The van der Waals surface area contributed by atoms with Crippen molar-refractivity contribution in [3.63, 3.8) is 0 Å². The smallest absolute Gasteiger partial charge is 0.261 e. The topological polar surface area (TPSA) is 97.6 Å². The lowest BCUT2D eigenvalue weighted by Crippen LogP contribution is -2.36. The highest BCUT2D eigenvalue weighted by molar-refractivity contribution is 6.21. The van der Waals surface area contributed by atoms with Crippen molar-refractivity contribution >= 4 is 24.2 Å². The van der Waals surface area contributed by atoms with Gasteiger partial charge in [-0.15, -0.1) is 12.4 Å². The fourth-order valence-corrected chi connectivity index (χ4v) is 3.41. The molecule has 2 aliphatic heterocycles. The van der Waals surface area contributed by atoms with Gasteiger partial charge < -0.3 is 14.6 Å². The Labute approximate surface area is 169 Å². The van der Waals surface area contributed by atoms with Crippen LogP contribution in [0.2, 0.25) is 0 Å². The molecule has 3 heterocycles. The van der Waals surface area contributed by atoms with E-state index in [1.807, 2.05) is 14.0 Å². The average molecular weight is 407 g/mol. The molecule has 2 aromatic rings. The zero-order valence-electron chi connectivity index (χ0n) is 15.8. The van der Waals surface area contributed by atoms with E-state index in [1.165, 1.54) is 4.90 Å². The first kappa shape index (κ1) is 20.4. The van der Waals surface area contributed by atoms with E-state index in [4.69, 9.17) is 9.26 Å².